The predicted octanol–water partition coefficient (Wildman–Crippen LogP) is 4.01. The number of rotatable bonds is 3. The van der Waals surface area contributed by atoms with Crippen LogP contribution >= 0.6 is 0 Å². The SMILES string of the molecule is CCCC/C=C1\C=Cc2ccccc2C1=O. The van der Waals surface area contributed by atoms with E-state index in [2.05, 4.69) is 13.0 Å². The molecular formula is C15H16O. The fourth-order valence-electron chi connectivity index (χ4n) is 1.88. The van der Waals surface area contributed by atoms with Crippen LogP contribution < -0.4 is 0 Å². The van der Waals surface area contributed by atoms with Crippen LogP contribution in [0, 0.1) is 0 Å². The second-order valence-corrected chi connectivity index (χ2v) is 4.05. The van der Waals surface area contributed by atoms with Gasteiger partial charge in [-0.3, -0.25) is 4.79 Å². The van der Waals surface area contributed by atoms with Gasteiger partial charge in [0.2, 0.25) is 0 Å². The van der Waals surface area contributed by atoms with Crippen molar-refractivity contribution in [3.8, 4) is 0 Å². The lowest BCUT2D eigenvalue weighted by Crippen LogP contribution is -2.07. The second kappa shape index (κ2) is 4.93. The molecule has 0 aromatic heterocycles. The quantitative estimate of drug-likeness (QED) is 0.546. The van der Waals surface area contributed by atoms with E-state index in [1.807, 2.05) is 36.4 Å². The fraction of sp³-hybridized carbons (Fsp3) is 0.267. The number of hydrogen-bond acceptors (Lipinski definition) is 1. The molecule has 0 bridgehead atoms. The van der Waals surface area contributed by atoms with Gasteiger partial charge in [0.15, 0.2) is 5.78 Å². The molecule has 0 saturated heterocycles. The Balaban J connectivity index is 2.24. The van der Waals surface area contributed by atoms with Crippen molar-refractivity contribution >= 4 is 11.9 Å². The summed E-state index contributed by atoms with van der Waals surface area (Å²) in [6.07, 6.45) is 9.31. The molecule has 0 amide bonds. The van der Waals surface area contributed by atoms with Gasteiger partial charge in [0.1, 0.15) is 0 Å². The van der Waals surface area contributed by atoms with E-state index in [4.69, 9.17) is 0 Å². The highest BCUT2D eigenvalue weighted by Crippen LogP contribution is 2.22. The lowest BCUT2D eigenvalue weighted by Gasteiger charge is -2.11. The van der Waals surface area contributed by atoms with Gasteiger partial charge in [-0.2, -0.15) is 0 Å². The van der Waals surface area contributed by atoms with Gasteiger partial charge in [0.05, 0.1) is 0 Å². The van der Waals surface area contributed by atoms with E-state index in [-0.39, 0.29) is 5.78 Å². The Labute approximate surface area is 96.5 Å². The Morgan fingerprint density at radius 2 is 2.00 bits per heavy atom. The number of carbonyl (C=O) groups excluding carboxylic acids is 1. The van der Waals surface area contributed by atoms with E-state index in [9.17, 15) is 4.79 Å². The van der Waals surface area contributed by atoms with Crippen molar-refractivity contribution in [1.82, 2.24) is 0 Å². The van der Waals surface area contributed by atoms with Crippen LogP contribution in [0.3, 0.4) is 0 Å². The molecule has 16 heavy (non-hydrogen) atoms. The largest absolute Gasteiger partial charge is 0.289 e. The minimum Gasteiger partial charge on any atom is -0.289 e. The molecule has 0 fully saturated rings. The molecule has 0 spiro atoms. The summed E-state index contributed by atoms with van der Waals surface area (Å²) >= 11 is 0. The summed E-state index contributed by atoms with van der Waals surface area (Å²) < 4.78 is 0. The van der Waals surface area contributed by atoms with Crippen molar-refractivity contribution in [3.63, 3.8) is 0 Å². The Morgan fingerprint density at radius 1 is 1.19 bits per heavy atom. The van der Waals surface area contributed by atoms with Gasteiger partial charge in [-0.15, -0.1) is 0 Å². The summed E-state index contributed by atoms with van der Waals surface area (Å²) in [5.41, 5.74) is 2.69. The number of benzene rings is 1. The standard InChI is InChI=1S/C15H16O/c1-2-3-4-8-13-11-10-12-7-5-6-9-14(12)15(13)16/h5-11H,2-4H2,1H3/b13-8+. The Morgan fingerprint density at radius 3 is 2.81 bits per heavy atom. The Hall–Kier alpha value is -1.63. The van der Waals surface area contributed by atoms with Crippen molar-refractivity contribution in [3.05, 3.63) is 53.1 Å². The van der Waals surface area contributed by atoms with Crippen molar-refractivity contribution in [2.75, 3.05) is 0 Å². The molecular weight excluding hydrogens is 196 g/mol. The molecule has 0 aliphatic heterocycles. The molecule has 0 heterocycles. The molecule has 0 N–H and O–H groups in total. The van der Waals surface area contributed by atoms with Crippen LogP contribution in [0.2, 0.25) is 0 Å². The van der Waals surface area contributed by atoms with E-state index < -0.39 is 0 Å². The van der Waals surface area contributed by atoms with Gasteiger partial charge in [0, 0.05) is 11.1 Å². The van der Waals surface area contributed by atoms with Crippen molar-refractivity contribution in [2.45, 2.75) is 26.2 Å². The maximum atomic E-state index is 12.1. The zero-order valence-electron chi connectivity index (χ0n) is 9.57. The Bertz CT molecular complexity index is 452. The van der Waals surface area contributed by atoms with Gasteiger partial charge >= 0.3 is 0 Å². The highest BCUT2D eigenvalue weighted by atomic mass is 16.1. The van der Waals surface area contributed by atoms with Gasteiger partial charge in [-0.25, -0.2) is 0 Å². The second-order valence-electron chi connectivity index (χ2n) is 4.05. The van der Waals surface area contributed by atoms with E-state index in [1.54, 1.807) is 0 Å². The summed E-state index contributed by atoms with van der Waals surface area (Å²) in [5, 5.41) is 0. The van der Waals surface area contributed by atoms with Crippen molar-refractivity contribution in [2.24, 2.45) is 0 Å². The van der Waals surface area contributed by atoms with Crippen LogP contribution in [0.5, 0.6) is 0 Å². The van der Waals surface area contributed by atoms with Crippen molar-refractivity contribution in [1.29, 1.82) is 0 Å². The maximum absolute atomic E-state index is 12.1. The van der Waals surface area contributed by atoms with Gasteiger partial charge in [-0.1, -0.05) is 62.3 Å². The first kappa shape index (κ1) is 10.9. The average molecular weight is 212 g/mol. The smallest absolute Gasteiger partial charge is 0.193 e. The number of hydrogen-bond donors (Lipinski definition) is 0. The molecule has 1 nitrogen and oxygen atoms in total. The van der Waals surface area contributed by atoms with E-state index >= 15 is 0 Å². The van der Waals surface area contributed by atoms with Gasteiger partial charge in [-0.05, 0) is 12.0 Å². The summed E-state index contributed by atoms with van der Waals surface area (Å²) in [4.78, 5) is 12.1. The minimum absolute atomic E-state index is 0.161. The number of Topliss-reactive ketones (excluding diaryl/α,β-unsaturated/α-hetero) is 1. The van der Waals surface area contributed by atoms with E-state index in [1.165, 1.54) is 0 Å². The summed E-state index contributed by atoms with van der Waals surface area (Å²) in [6, 6.07) is 7.75. The molecule has 2 rings (SSSR count). The van der Waals surface area contributed by atoms with Crippen LogP contribution in [0.4, 0.5) is 0 Å². The molecule has 0 radical (unpaired) electrons. The number of ketones is 1. The molecule has 0 unspecified atom stereocenters. The zero-order valence-corrected chi connectivity index (χ0v) is 9.57. The summed E-state index contributed by atoms with van der Waals surface area (Å²) in [7, 11) is 0. The normalized spacial score (nSPS) is 16.6. The van der Waals surface area contributed by atoms with Crippen LogP contribution in [0.25, 0.3) is 6.08 Å². The van der Waals surface area contributed by atoms with Crippen LogP contribution in [0.15, 0.2) is 42.0 Å². The predicted molar refractivity (Wildman–Crippen MR) is 67.4 cm³/mol. The third kappa shape index (κ3) is 2.13. The molecule has 82 valence electrons. The molecule has 0 saturated carbocycles. The number of unbranched alkanes of at least 4 members (excludes halogenated alkanes) is 2. The highest BCUT2D eigenvalue weighted by molar-refractivity contribution is 6.15. The number of carbonyl (C=O) groups is 1. The van der Waals surface area contributed by atoms with Crippen LogP contribution in [0.1, 0.15) is 42.1 Å². The molecule has 0 atom stereocenters. The molecule has 1 aromatic rings. The molecule has 1 aliphatic carbocycles. The average Bonchev–Trinajstić information content (AvgIpc) is 2.33. The third-order valence-corrected chi connectivity index (χ3v) is 2.83. The summed E-state index contributed by atoms with van der Waals surface area (Å²) in [6.45, 7) is 2.16. The van der Waals surface area contributed by atoms with E-state index in [0.717, 1.165) is 36.0 Å². The first-order valence-electron chi connectivity index (χ1n) is 5.85. The topological polar surface area (TPSA) is 17.1 Å². The van der Waals surface area contributed by atoms with Gasteiger partial charge < -0.3 is 0 Å². The lowest BCUT2D eigenvalue weighted by molar-refractivity contribution is 0.103. The molecule has 1 aliphatic rings. The van der Waals surface area contributed by atoms with Crippen LogP contribution in [-0.2, 0) is 0 Å². The number of allylic oxidation sites excluding steroid dienone is 3. The summed E-state index contributed by atoms with van der Waals surface area (Å²) in [5.74, 6) is 0.161. The molecule has 1 aromatic carbocycles. The fourth-order valence-corrected chi connectivity index (χ4v) is 1.88. The monoisotopic (exact) mass is 212 g/mol. The first-order chi connectivity index (χ1) is 7.83. The lowest BCUT2D eigenvalue weighted by atomic mass is 9.92. The first-order valence-corrected chi connectivity index (χ1v) is 5.85. The minimum atomic E-state index is 0.161. The van der Waals surface area contributed by atoms with E-state index in [0.29, 0.717) is 0 Å². The third-order valence-electron chi connectivity index (χ3n) is 2.83. The van der Waals surface area contributed by atoms with Crippen LogP contribution in [-0.4, -0.2) is 5.78 Å². The zero-order chi connectivity index (χ0) is 11.4. The Kier molecular flexibility index (Phi) is 3.35. The highest BCUT2D eigenvalue weighted by Gasteiger charge is 2.16. The number of fused-ring (bicyclic) bond motifs is 1. The van der Waals surface area contributed by atoms with Crippen molar-refractivity contribution < 1.29 is 4.79 Å². The van der Waals surface area contributed by atoms with Gasteiger partial charge in [0.25, 0.3) is 0 Å². The maximum Gasteiger partial charge on any atom is 0.193 e. The molecule has 1 heteroatoms.